The Bertz CT molecular complexity index is 1530. The highest BCUT2D eigenvalue weighted by atomic mass is 32.2. The molecule has 2 aromatic carbocycles. The first kappa shape index (κ1) is 26.3. The van der Waals surface area contributed by atoms with Gasteiger partial charge in [0.15, 0.2) is 0 Å². The Balaban J connectivity index is 1.52. The van der Waals surface area contributed by atoms with Crippen molar-refractivity contribution in [3.05, 3.63) is 71.3 Å². The number of carbonyl (C=O) groups is 2. The largest absolute Gasteiger partial charge is 0.480 e. The third-order valence-corrected chi connectivity index (χ3v) is 9.24. The maximum Gasteiger partial charge on any atom is 0.323 e. The van der Waals surface area contributed by atoms with E-state index in [4.69, 9.17) is 27.2 Å². The number of hydrogen-bond acceptors (Lipinski definition) is 8. The van der Waals surface area contributed by atoms with Crippen molar-refractivity contribution in [2.24, 2.45) is 0 Å². The van der Waals surface area contributed by atoms with E-state index in [2.05, 4.69) is 0 Å². The Kier molecular flexibility index (Phi) is 7.45. The van der Waals surface area contributed by atoms with E-state index < -0.39 is 28.4 Å². The molecule has 2 saturated heterocycles. The van der Waals surface area contributed by atoms with Crippen molar-refractivity contribution in [3.8, 4) is 16.9 Å². The Morgan fingerprint density at radius 1 is 1.11 bits per heavy atom. The van der Waals surface area contributed by atoms with Crippen molar-refractivity contribution in [1.29, 1.82) is 0 Å². The number of hydrogen-bond donors (Lipinski definition) is 1. The standard InChI is InChI=1S/C25H22N4O6S3/c30-22(31)16-28-24(32)21(37-25(28)36)14-18-15-29(19-4-2-1-3-5-19)26-23(18)17-6-8-20(9-7-17)38(33,34)27-10-12-35-13-11-27/h1-9,14-15H,10-13,16H2,(H,30,31)/b21-14+. The molecule has 38 heavy (non-hydrogen) atoms. The molecule has 196 valence electrons. The van der Waals surface area contributed by atoms with Gasteiger partial charge < -0.3 is 9.84 Å². The molecule has 1 aromatic heterocycles. The highest BCUT2D eigenvalue weighted by Gasteiger charge is 2.34. The van der Waals surface area contributed by atoms with Gasteiger partial charge in [0, 0.05) is 30.4 Å². The lowest BCUT2D eigenvalue weighted by Gasteiger charge is -2.26. The molecule has 0 aliphatic carbocycles. The van der Waals surface area contributed by atoms with Gasteiger partial charge >= 0.3 is 5.97 Å². The van der Waals surface area contributed by atoms with Gasteiger partial charge in [0.05, 0.1) is 34.4 Å². The summed E-state index contributed by atoms with van der Waals surface area (Å²) in [6.07, 6.45) is 3.38. The highest BCUT2D eigenvalue weighted by molar-refractivity contribution is 8.26. The SMILES string of the molecule is O=C(O)CN1C(=O)/C(=C\c2cn(-c3ccccc3)nc2-c2ccc(S(=O)(=O)N3CCOCC3)cc2)SC1=S. The van der Waals surface area contributed by atoms with Gasteiger partial charge in [0.1, 0.15) is 10.9 Å². The zero-order valence-electron chi connectivity index (χ0n) is 19.9. The summed E-state index contributed by atoms with van der Waals surface area (Å²) in [7, 11) is -3.66. The van der Waals surface area contributed by atoms with E-state index in [1.165, 1.54) is 16.4 Å². The first-order valence-electron chi connectivity index (χ1n) is 11.5. The van der Waals surface area contributed by atoms with Crippen molar-refractivity contribution >= 4 is 56.3 Å². The van der Waals surface area contributed by atoms with Crippen LogP contribution in [0, 0.1) is 0 Å². The lowest BCUT2D eigenvalue weighted by atomic mass is 10.1. The zero-order valence-corrected chi connectivity index (χ0v) is 22.3. The number of carboxylic acids is 1. The average molecular weight is 571 g/mol. The molecule has 13 heteroatoms. The van der Waals surface area contributed by atoms with Crippen LogP contribution in [0.3, 0.4) is 0 Å². The van der Waals surface area contributed by atoms with Gasteiger partial charge in [-0.3, -0.25) is 14.5 Å². The molecule has 0 saturated carbocycles. The number of ether oxygens (including phenoxy) is 1. The molecule has 3 aromatic rings. The van der Waals surface area contributed by atoms with Gasteiger partial charge in [-0.15, -0.1) is 0 Å². The van der Waals surface area contributed by atoms with Crippen molar-refractivity contribution in [3.63, 3.8) is 0 Å². The van der Waals surface area contributed by atoms with Crippen LogP contribution in [0.2, 0.25) is 0 Å². The fourth-order valence-corrected chi connectivity index (χ4v) is 6.72. The predicted octanol–water partition coefficient (Wildman–Crippen LogP) is 2.85. The summed E-state index contributed by atoms with van der Waals surface area (Å²) in [6.45, 7) is 0.801. The topological polar surface area (TPSA) is 122 Å². The molecule has 10 nitrogen and oxygen atoms in total. The maximum atomic E-state index is 13.0. The molecular formula is C25H22N4O6S3. The van der Waals surface area contributed by atoms with E-state index in [-0.39, 0.29) is 14.1 Å². The van der Waals surface area contributed by atoms with Gasteiger partial charge in [-0.1, -0.05) is 54.3 Å². The van der Waals surface area contributed by atoms with Gasteiger partial charge in [-0.25, -0.2) is 13.1 Å². The molecule has 2 aliphatic heterocycles. The number of amides is 1. The number of carboxylic acid groups (broad SMARTS) is 1. The third-order valence-electron chi connectivity index (χ3n) is 5.95. The Hall–Kier alpha value is -3.36. The molecule has 2 fully saturated rings. The number of thioether (sulfide) groups is 1. The summed E-state index contributed by atoms with van der Waals surface area (Å²) in [5.41, 5.74) is 2.55. The van der Waals surface area contributed by atoms with Crippen LogP contribution in [0.4, 0.5) is 0 Å². The zero-order chi connectivity index (χ0) is 26.9. The van der Waals surface area contributed by atoms with Crippen LogP contribution in [0.15, 0.2) is 70.6 Å². The summed E-state index contributed by atoms with van der Waals surface area (Å²) in [5, 5.41) is 13.8. The van der Waals surface area contributed by atoms with Gasteiger partial charge in [0.25, 0.3) is 5.91 Å². The van der Waals surface area contributed by atoms with E-state index in [9.17, 15) is 18.0 Å². The van der Waals surface area contributed by atoms with Gasteiger partial charge in [0.2, 0.25) is 10.0 Å². The molecule has 0 radical (unpaired) electrons. The molecule has 2 aliphatic rings. The molecule has 3 heterocycles. The number of aromatic nitrogens is 2. The molecule has 0 atom stereocenters. The van der Waals surface area contributed by atoms with Crippen LogP contribution in [0.1, 0.15) is 5.56 Å². The Morgan fingerprint density at radius 2 is 1.79 bits per heavy atom. The minimum absolute atomic E-state index is 0.165. The van der Waals surface area contributed by atoms with Crippen LogP contribution < -0.4 is 0 Å². The van der Waals surface area contributed by atoms with Crippen LogP contribution in [-0.4, -0.2) is 81.6 Å². The van der Waals surface area contributed by atoms with Gasteiger partial charge in [-0.05, 0) is 30.3 Å². The fraction of sp³-hybridized carbons (Fsp3) is 0.200. The third kappa shape index (κ3) is 5.28. The number of rotatable bonds is 7. The van der Waals surface area contributed by atoms with Crippen LogP contribution in [0.5, 0.6) is 0 Å². The van der Waals surface area contributed by atoms with E-state index in [0.29, 0.717) is 43.1 Å². The quantitative estimate of drug-likeness (QED) is 0.338. The normalized spacial score (nSPS) is 17.9. The summed E-state index contributed by atoms with van der Waals surface area (Å²) in [5.74, 6) is -1.65. The van der Waals surface area contributed by atoms with Crippen LogP contribution in [-0.2, 0) is 24.3 Å². The maximum absolute atomic E-state index is 13.0. The minimum atomic E-state index is -3.66. The average Bonchev–Trinajstić information content (AvgIpc) is 3.46. The number of sulfonamides is 1. The number of thiocarbonyl (C=S) groups is 1. The number of carbonyl (C=O) groups excluding carboxylic acids is 1. The fourth-order valence-electron chi connectivity index (χ4n) is 4.06. The van der Waals surface area contributed by atoms with E-state index in [1.54, 1.807) is 29.1 Å². The minimum Gasteiger partial charge on any atom is -0.480 e. The molecule has 0 spiro atoms. The lowest BCUT2D eigenvalue weighted by molar-refractivity contribution is -0.140. The van der Waals surface area contributed by atoms with Crippen LogP contribution in [0.25, 0.3) is 23.0 Å². The molecule has 1 amide bonds. The van der Waals surface area contributed by atoms with E-state index in [1.807, 2.05) is 30.3 Å². The van der Waals surface area contributed by atoms with Crippen molar-refractivity contribution in [1.82, 2.24) is 19.0 Å². The second-order valence-corrected chi connectivity index (χ2v) is 12.0. The first-order valence-corrected chi connectivity index (χ1v) is 14.2. The van der Waals surface area contributed by atoms with Crippen molar-refractivity contribution in [2.75, 3.05) is 32.8 Å². The molecule has 0 bridgehead atoms. The smallest absolute Gasteiger partial charge is 0.323 e. The number of benzene rings is 2. The monoisotopic (exact) mass is 570 g/mol. The Labute approximate surface area is 228 Å². The number of aliphatic carboxylic acids is 1. The van der Waals surface area contributed by atoms with Crippen molar-refractivity contribution in [2.45, 2.75) is 4.90 Å². The first-order chi connectivity index (χ1) is 18.2. The molecule has 0 unspecified atom stereocenters. The molecular weight excluding hydrogens is 548 g/mol. The van der Waals surface area contributed by atoms with Crippen molar-refractivity contribution < 1.29 is 27.9 Å². The second-order valence-electron chi connectivity index (χ2n) is 8.42. The Morgan fingerprint density at radius 3 is 2.45 bits per heavy atom. The van der Waals surface area contributed by atoms with E-state index >= 15 is 0 Å². The highest BCUT2D eigenvalue weighted by Crippen LogP contribution is 2.35. The van der Waals surface area contributed by atoms with Crippen LogP contribution >= 0.6 is 24.0 Å². The summed E-state index contributed by atoms with van der Waals surface area (Å²) >= 11 is 6.24. The molecule has 5 rings (SSSR count). The van der Waals surface area contributed by atoms with Gasteiger partial charge in [-0.2, -0.15) is 9.40 Å². The number of morpholine rings is 1. The summed E-state index contributed by atoms with van der Waals surface area (Å²) < 4.78 is 34.6. The molecule has 1 N–H and O–H groups in total. The number of nitrogens with zero attached hydrogens (tertiary/aromatic N) is 4. The summed E-state index contributed by atoms with van der Waals surface area (Å²) in [4.78, 5) is 25.5. The predicted molar refractivity (Wildman–Crippen MR) is 146 cm³/mol. The summed E-state index contributed by atoms with van der Waals surface area (Å²) in [6, 6.07) is 15.8. The second kappa shape index (κ2) is 10.8. The van der Waals surface area contributed by atoms with E-state index in [0.717, 1.165) is 22.3 Å². The lowest BCUT2D eigenvalue weighted by Crippen LogP contribution is -2.40. The number of para-hydroxylation sites is 1.